The quantitative estimate of drug-likeness (QED) is 0.661. The molecule has 4 rings (SSSR count). The van der Waals surface area contributed by atoms with Crippen LogP contribution < -0.4 is 10.5 Å². The van der Waals surface area contributed by atoms with Gasteiger partial charge in [-0.05, 0) is 57.1 Å². The summed E-state index contributed by atoms with van der Waals surface area (Å²) >= 11 is 0.990. The number of nitrogens with zero attached hydrogens (tertiary/aromatic N) is 3. The molecule has 0 saturated carbocycles. The predicted molar refractivity (Wildman–Crippen MR) is 117 cm³/mol. The predicted octanol–water partition coefficient (Wildman–Crippen LogP) is 3.41. The number of pyridine rings is 1. The summed E-state index contributed by atoms with van der Waals surface area (Å²) < 4.78 is 16.7. The highest BCUT2D eigenvalue weighted by Crippen LogP contribution is 2.44. The molecular formula is C20H27N5O3S2. The number of anilines is 1. The number of nitrogens with one attached hydrogen (secondary N) is 1. The second kappa shape index (κ2) is 7.08. The Morgan fingerprint density at radius 3 is 2.73 bits per heavy atom. The SMILES string of the molecule is CC(C)(O)c1cnc(S(N)(=O)=NC(=O)Nc2c3c(nc4c2CCC4(C)C)CCC3)s1. The Balaban J connectivity index is 1.68. The van der Waals surface area contributed by atoms with E-state index in [9.17, 15) is 14.1 Å². The Morgan fingerprint density at radius 2 is 2.07 bits per heavy atom. The second-order valence-electron chi connectivity index (χ2n) is 9.12. The first-order valence-electron chi connectivity index (χ1n) is 9.98. The fourth-order valence-corrected chi connectivity index (χ4v) is 6.18. The van der Waals surface area contributed by atoms with Crippen molar-refractivity contribution in [3.8, 4) is 0 Å². The number of hydrogen-bond acceptors (Lipinski definition) is 6. The smallest absolute Gasteiger partial charge is 0.354 e. The van der Waals surface area contributed by atoms with E-state index in [1.54, 1.807) is 13.8 Å². The number of thiazole rings is 1. The third-order valence-corrected chi connectivity index (χ3v) is 8.87. The summed E-state index contributed by atoms with van der Waals surface area (Å²) in [6.45, 7) is 7.52. The van der Waals surface area contributed by atoms with Gasteiger partial charge in [0.1, 0.15) is 0 Å². The van der Waals surface area contributed by atoms with Gasteiger partial charge in [0.2, 0.25) is 4.34 Å². The molecule has 10 heteroatoms. The standard InChI is InChI=1S/C20H27N5O3S2/c1-19(2)9-8-12-15(11-6-5-7-13(11)23-16(12)19)24-17(26)25-30(21,28)18-22-10-14(29-18)20(3,4)27/h10,27H,5-9H2,1-4H3,(H3,21,23,24,25,26,28). The zero-order valence-electron chi connectivity index (χ0n) is 17.6. The third kappa shape index (κ3) is 3.77. The molecule has 2 aliphatic rings. The van der Waals surface area contributed by atoms with E-state index in [0.717, 1.165) is 71.6 Å². The van der Waals surface area contributed by atoms with Crippen LogP contribution in [0.3, 0.4) is 0 Å². The van der Waals surface area contributed by atoms with Gasteiger partial charge in [-0.1, -0.05) is 13.8 Å². The first-order valence-corrected chi connectivity index (χ1v) is 12.4. The van der Waals surface area contributed by atoms with Crippen LogP contribution in [0.1, 0.15) is 67.9 Å². The minimum Gasteiger partial charge on any atom is -0.385 e. The lowest BCUT2D eigenvalue weighted by Gasteiger charge is -2.20. The van der Waals surface area contributed by atoms with Crippen LogP contribution in [-0.4, -0.2) is 25.3 Å². The number of amides is 2. The maximum absolute atomic E-state index is 12.9. The number of fused-ring (bicyclic) bond motifs is 2. The minimum absolute atomic E-state index is 0.0149. The third-order valence-electron chi connectivity index (χ3n) is 5.75. The van der Waals surface area contributed by atoms with E-state index < -0.39 is 21.5 Å². The van der Waals surface area contributed by atoms with E-state index in [1.807, 2.05) is 0 Å². The zero-order valence-corrected chi connectivity index (χ0v) is 19.2. The molecule has 1 atom stereocenters. The van der Waals surface area contributed by atoms with Crippen molar-refractivity contribution in [1.82, 2.24) is 9.97 Å². The van der Waals surface area contributed by atoms with Crippen molar-refractivity contribution >= 4 is 33.0 Å². The van der Waals surface area contributed by atoms with Crippen LogP contribution in [0, 0.1) is 0 Å². The van der Waals surface area contributed by atoms with E-state index in [4.69, 9.17) is 10.1 Å². The van der Waals surface area contributed by atoms with Crippen molar-refractivity contribution in [2.24, 2.45) is 9.50 Å². The number of urea groups is 1. The molecule has 2 amide bonds. The highest BCUT2D eigenvalue weighted by molar-refractivity contribution is 7.93. The van der Waals surface area contributed by atoms with Gasteiger partial charge in [0.05, 0.1) is 21.9 Å². The summed E-state index contributed by atoms with van der Waals surface area (Å²) in [6, 6.07) is -0.755. The lowest BCUT2D eigenvalue weighted by atomic mass is 9.90. The fourth-order valence-electron chi connectivity index (χ4n) is 4.10. The zero-order chi connectivity index (χ0) is 21.9. The second-order valence-corrected chi connectivity index (χ2v) is 12.1. The lowest BCUT2D eigenvalue weighted by molar-refractivity contribution is 0.0823. The molecule has 2 aliphatic carbocycles. The summed E-state index contributed by atoms with van der Waals surface area (Å²) in [5.74, 6) is 0. The number of nitrogens with two attached hydrogens (primary N) is 1. The largest absolute Gasteiger partial charge is 0.385 e. The molecule has 30 heavy (non-hydrogen) atoms. The molecule has 1 unspecified atom stereocenters. The highest BCUT2D eigenvalue weighted by atomic mass is 32.2. The van der Waals surface area contributed by atoms with Gasteiger partial charge in [0, 0.05) is 17.3 Å². The van der Waals surface area contributed by atoms with Crippen molar-refractivity contribution in [1.29, 1.82) is 0 Å². The number of hydrogen-bond donors (Lipinski definition) is 3. The van der Waals surface area contributed by atoms with Crippen LogP contribution in [0.5, 0.6) is 0 Å². The molecule has 2 aromatic heterocycles. The summed E-state index contributed by atoms with van der Waals surface area (Å²) in [7, 11) is -3.53. The van der Waals surface area contributed by atoms with E-state index in [1.165, 1.54) is 6.20 Å². The minimum atomic E-state index is -3.53. The van der Waals surface area contributed by atoms with Gasteiger partial charge in [-0.3, -0.25) is 4.98 Å². The Kier molecular flexibility index (Phi) is 5.04. The average Bonchev–Trinajstić information content (AvgIpc) is 3.33. The average molecular weight is 450 g/mol. The molecule has 4 N–H and O–H groups in total. The Labute approximate surface area is 180 Å². The van der Waals surface area contributed by atoms with E-state index in [-0.39, 0.29) is 9.75 Å². The van der Waals surface area contributed by atoms with Crippen molar-refractivity contribution in [3.63, 3.8) is 0 Å². The fraction of sp³-hybridized carbons (Fsp3) is 0.550. The molecular weight excluding hydrogens is 422 g/mol. The molecule has 0 radical (unpaired) electrons. The Hall–Kier alpha value is -1.88. The highest BCUT2D eigenvalue weighted by Gasteiger charge is 2.36. The molecule has 0 aromatic carbocycles. The Morgan fingerprint density at radius 1 is 1.33 bits per heavy atom. The van der Waals surface area contributed by atoms with Gasteiger partial charge in [-0.15, -0.1) is 15.7 Å². The van der Waals surface area contributed by atoms with Gasteiger partial charge in [0.15, 0.2) is 9.92 Å². The van der Waals surface area contributed by atoms with Crippen LogP contribution in [-0.2, 0) is 40.2 Å². The van der Waals surface area contributed by atoms with Crippen molar-refractivity contribution in [2.45, 2.75) is 75.2 Å². The van der Waals surface area contributed by atoms with Gasteiger partial charge in [0.25, 0.3) is 0 Å². The van der Waals surface area contributed by atoms with Crippen LogP contribution in [0.4, 0.5) is 10.5 Å². The molecule has 0 aliphatic heterocycles. The maximum atomic E-state index is 12.9. The maximum Gasteiger partial charge on any atom is 0.354 e. The van der Waals surface area contributed by atoms with Crippen LogP contribution in [0.15, 0.2) is 14.9 Å². The number of aliphatic hydroxyl groups is 1. The summed E-state index contributed by atoms with van der Waals surface area (Å²) in [6.07, 6.45) is 5.95. The first kappa shape index (κ1) is 21.4. The summed E-state index contributed by atoms with van der Waals surface area (Å²) in [4.78, 5) is 22.2. The molecule has 0 bridgehead atoms. The molecule has 162 valence electrons. The van der Waals surface area contributed by atoms with Crippen molar-refractivity contribution < 1.29 is 14.1 Å². The van der Waals surface area contributed by atoms with Crippen molar-refractivity contribution in [3.05, 3.63) is 33.6 Å². The van der Waals surface area contributed by atoms with E-state index in [0.29, 0.717) is 4.88 Å². The van der Waals surface area contributed by atoms with Crippen LogP contribution in [0.2, 0.25) is 0 Å². The van der Waals surface area contributed by atoms with E-state index >= 15 is 0 Å². The Bertz CT molecular complexity index is 1150. The lowest BCUT2D eigenvalue weighted by Crippen LogP contribution is -2.20. The van der Waals surface area contributed by atoms with Gasteiger partial charge in [-0.2, -0.15) is 0 Å². The van der Waals surface area contributed by atoms with Gasteiger partial charge >= 0.3 is 6.03 Å². The van der Waals surface area contributed by atoms with E-state index in [2.05, 4.69) is 28.5 Å². The van der Waals surface area contributed by atoms with Gasteiger partial charge in [-0.25, -0.2) is 19.1 Å². The van der Waals surface area contributed by atoms with Crippen LogP contribution >= 0.6 is 11.3 Å². The molecule has 2 heterocycles. The molecule has 0 spiro atoms. The number of carbonyl (C=O) groups excluding carboxylic acids is 1. The number of aromatic nitrogens is 2. The molecule has 8 nitrogen and oxygen atoms in total. The van der Waals surface area contributed by atoms with Gasteiger partial charge < -0.3 is 10.4 Å². The molecule has 0 fully saturated rings. The first-order chi connectivity index (χ1) is 13.9. The molecule has 2 aromatic rings. The normalized spacial score (nSPS) is 19.1. The topological polar surface area (TPSA) is 131 Å². The van der Waals surface area contributed by atoms with Crippen LogP contribution in [0.25, 0.3) is 0 Å². The monoisotopic (exact) mass is 449 g/mol. The number of carbonyl (C=O) groups is 1. The number of rotatable bonds is 3. The molecule has 0 saturated heterocycles. The van der Waals surface area contributed by atoms with Crippen molar-refractivity contribution in [2.75, 3.05) is 5.32 Å². The summed E-state index contributed by atoms with van der Waals surface area (Å²) in [5, 5.41) is 18.8. The number of aryl methyl sites for hydroxylation is 1. The summed E-state index contributed by atoms with van der Waals surface area (Å²) in [5.41, 5.74) is 3.74.